The fourth-order valence-corrected chi connectivity index (χ4v) is 3.03. The second-order valence-corrected chi connectivity index (χ2v) is 6.96. The summed E-state index contributed by atoms with van der Waals surface area (Å²) in [7, 11) is 0. The van der Waals surface area contributed by atoms with Gasteiger partial charge in [0.2, 0.25) is 5.91 Å². The standard InChI is InChI=1S/C22H24N2O4/c1-12-9-16(5-7-18(12)23)17-6-8-19(24-21(28)11-14(3)26)15(4)22(17)20(27)10-13(2)25/h5-9H,10-11,23H2,1-4H3,(H,24,28). The Morgan fingerprint density at radius 3 is 2.14 bits per heavy atom. The molecule has 0 fully saturated rings. The van der Waals surface area contributed by atoms with Crippen LogP contribution < -0.4 is 11.1 Å². The van der Waals surface area contributed by atoms with Gasteiger partial charge in [0.05, 0.1) is 12.8 Å². The normalized spacial score (nSPS) is 10.4. The Morgan fingerprint density at radius 1 is 0.929 bits per heavy atom. The first-order valence-electron chi connectivity index (χ1n) is 8.92. The number of benzene rings is 2. The van der Waals surface area contributed by atoms with Gasteiger partial charge in [-0.05, 0) is 68.1 Å². The molecule has 1 amide bonds. The summed E-state index contributed by atoms with van der Waals surface area (Å²) in [6.45, 7) is 6.28. The van der Waals surface area contributed by atoms with Crippen LogP contribution >= 0.6 is 0 Å². The lowest BCUT2D eigenvalue weighted by atomic mass is 9.89. The first-order valence-corrected chi connectivity index (χ1v) is 8.92. The number of hydrogen-bond acceptors (Lipinski definition) is 5. The molecule has 146 valence electrons. The molecule has 2 rings (SSSR count). The molecule has 0 saturated heterocycles. The maximum absolute atomic E-state index is 12.8. The largest absolute Gasteiger partial charge is 0.399 e. The molecule has 28 heavy (non-hydrogen) atoms. The summed E-state index contributed by atoms with van der Waals surface area (Å²) in [5.74, 6) is -1.26. The maximum Gasteiger partial charge on any atom is 0.231 e. The van der Waals surface area contributed by atoms with Crippen molar-refractivity contribution in [2.45, 2.75) is 40.5 Å². The van der Waals surface area contributed by atoms with Gasteiger partial charge >= 0.3 is 0 Å². The van der Waals surface area contributed by atoms with E-state index in [2.05, 4.69) is 5.32 Å². The van der Waals surface area contributed by atoms with Crippen molar-refractivity contribution in [3.63, 3.8) is 0 Å². The van der Waals surface area contributed by atoms with Gasteiger partial charge in [0.15, 0.2) is 5.78 Å². The van der Waals surface area contributed by atoms with E-state index in [1.165, 1.54) is 13.8 Å². The summed E-state index contributed by atoms with van der Waals surface area (Å²) in [5.41, 5.74) is 10.2. The Labute approximate surface area is 164 Å². The highest BCUT2D eigenvalue weighted by Gasteiger charge is 2.20. The molecule has 0 heterocycles. The van der Waals surface area contributed by atoms with E-state index in [0.29, 0.717) is 28.1 Å². The number of carbonyl (C=O) groups is 4. The Bertz CT molecular complexity index is 977. The number of ketones is 3. The van der Waals surface area contributed by atoms with Crippen LogP contribution in [0.5, 0.6) is 0 Å². The lowest BCUT2D eigenvalue weighted by Gasteiger charge is -2.17. The molecule has 0 aliphatic heterocycles. The van der Waals surface area contributed by atoms with E-state index in [9.17, 15) is 19.2 Å². The predicted molar refractivity (Wildman–Crippen MR) is 109 cm³/mol. The van der Waals surface area contributed by atoms with Crippen LogP contribution in [0.4, 0.5) is 11.4 Å². The minimum absolute atomic E-state index is 0.230. The quantitative estimate of drug-likeness (QED) is 0.433. The Hall–Kier alpha value is -3.28. The van der Waals surface area contributed by atoms with Crippen molar-refractivity contribution in [2.75, 3.05) is 11.1 Å². The second kappa shape index (κ2) is 8.61. The molecule has 0 radical (unpaired) electrons. The van der Waals surface area contributed by atoms with Crippen LogP contribution in [0.1, 0.15) is 48.2 Å². The van der Waals surface area contributed by atoms with Gasteiger partial charge in [0, 0.05) is 16.9 Å². The molecule has 0 aliphatic rings. The predicted octanol–water partition coefficient (Wildman–Crippen LogP) is 3.63. The van der Waals surface area contributed by atoms with Crippen LogP contribution in [0.15, 0.2) is 30.3 Å². The van der Waals surface area contributed by atoms with E-state index in [1.54, 1.807) is 25.1 Å². The monoisotopic (exact) mass is 380 g/mol. The SMILES string of the molecule is CC(=O)CC(=O)Nc1ccc(-c2ccc(N)c(C)c2)c(C(=O)CC(C)=O)c1C. The number of aryl methyl sites for hydroxylation is 1. The smallest absolute Gasteiger partial charge is 0.231 e. The van der Waals surface area contributed by atoms with Crippen molar-refractivity contribution >= 4 is 34.6 Å². The van der Waals surface area contributed by atoms with Crippen LogP contribution in [0.3, 0.4) is 0 Å². The van der Waals surface area contributed by atoms with E-state index in [0.717, 1.165) is 11.1 Å². The number of nitrogens with two attached hydrogens (primary N) is 1. The molecule has 0 saturated carbocycles. The zero-order valence-corrected chi connectivity index (χ0v) is 16.5. The van der Waals surface area contributed by atoms with E-state index >= 15 is 0 Å². The van der Waals surface area contributed by atoms with Gasteiger partial charge < -0.3 is 11.1 Å². The molecule has 0 aromatic heterocycles. The second-order valence-electron chi connectivity index (χ2n) is 6.96. The summed E-state index contributed by atoms with van der Waals surface area (Å²) >= 11 is 0. The molecule has 6 heteroatoms. The summed E-state index contributed by atoms with van der Waals surface area (Å²) in [5, 5.41) is 2.67. The van der Waals surface area contributed by atoms with E-state index in [4.69, 9.17) is 5.73 Å². The fraction of sp³-hybridized carbons (Fsp3) is 0.273. The van der Waals surface area contributed by atoms with Gasteiger partial charge in [0.1, 0.15) is 11.6 Å². The number of carbonyl (C=O) groups excluding carboxylic acids is 4. The van der Waals surface area contributed by atoms with Crippen LogP contribution in [0.2, 0.25) is 0 Å². The van der Waals surface area contributed by atoms with Gasteiger partial charge in [-0.2, -0.15) is 0 Å². The third kappa shape index (κ3) is 4.91. The van der Waals surface area contributed by atoms with Crippen molar-refractivity contribution in [3.05, 3.63) is 47.0 Å². The zero-order valence-electron chi connectivity index (χ0n) is 16.5. The van der Waals surface area contributed by atoms with Gasteiger partial charge in [-0.1, -0.05) is 12.1 Å². The minimum Gasteiger partial charge on any atom is -0.399 e. The molecule has 0 aliphatic carbocycles. The molecule has 0 spiro atoms. The summed E-state index contributed by atoms with van der Waals surface area (Å²) in [6.07, 6.45) is -0.471. The highest BCUT2D eigenvalue weighted by Crippen LogP contribution is 2.33. The molecule has 2 aromatic rings. The maximum atomic E-state index is 12.8. The lowest BCUT2D eigenvalue weighted by molar-refractivity contribution is -0.124. The molecule has 2 aromatic carbocycles. The lowest BCUT2D eigenvalue weighted by Crippen LogP contribution is -2.17. The molecule has 3 N–H and O–H groups in total. The van der Waals surface area contributed by atoms with E-state index in [-0.39, 0.29) is 30.2 Å². The number of Topliss-reactive ketones (excluding diaryl/α,β-unsaturated/α-hetero) is 3. The van der Waals surface area contributed by atoms with Crippen molar-refractivity contribution in [3.8, 4) is 11.1 Å². The zero-order chi connectivity index (χ0) is 21.0. The van der Waals surface area contributed by atoms with Crippen LogP contribution in [-0.4, -0.2) is 23.3 Å². The number of anilines is 2. The highest BCUT2D eigenvalue weighted by atomic mass is 16.2. The first-order chi connectivity index (χ1) is 13.1. The summed E-state index contributed by atoms with van der Waals surface area (Å²) in [6, 6.07) is 8.88. The fourth-order valence-electron chi connectivity index (χ4n) is 3.03. The minimum atomic E-state index is -0.448. The van der Waals surface area contributed by atoms with Crippen LogP contribution in [0, 0.1) is 13.8 Å². The van der Waals surface area contributed by atoms with Crippen molar-refractivity contribution < 1.29 is 19.2 Å². The van der Waals surface area contributed by atoms with Gasteiger partial charge in [0.25, 0.3) is 0 Å². The number of nitrogen functional groups attached to an aromatic ring is 1. The summed E-state index contributed by atoms with van der Waals surface area (Å²) < 4.78 is 0. The molecule has 0 bridgehead atoms. The van der Waals surface area contributed by atoms with Crippen LogP contribution in [0.25, 0.3) is 11.1 Å². The molecule has 0 atom stereocenters. The number of amides is 1. The third-order valence-electron chi connectivity index (χ3n) is 4.42. The van der Waals surface area contributed by atoms with Gasteiger partial charge in [-0.15, -0.1) is 0 Å². The van der Waals surface area contributed by atoms with Crippen molar-refractivity contribution in [1.82, 2.24) is 0 Å². The first kappa shape index (κ1) is 21.0. The van der Waals surface area contributed by atoms with Crippen LogP contribution in [-0.2, 0) is 14.4 Å². The third-order valence-corrected chi connectivity index (χ3v) is 4.42. The molecular weight excluding hydrogens is 356 g/mol. The van der Waals surface area contributed by atoms with E-state index < -0.39 is 5.91 Å². The number of nitrogens with one attached hydrogen (secondary N) is 1. The Kier molecular flexibility index (Phi) is 6.46. The Balaban J connectivity index is 2.58. The van der Waals surface area contributed by atoms with Crippen molar-refractivity contribution in [1.29, 1.82) is 0 Å². The number of rotatable bonds is 7. The van der Waals surface area contributed by atoms with Crippen molar-refractivity contribution in [2.24, 2.45) is 0 Å². The van der Waals surface area contributed by atoms with Gasteiger partial charge in [-0.3, -0.25) is 19.2 Å². The highest BCUT2D eigenvalue weighted by molar-refractivity contribution is 6.13. The van der Waals surface area contributed by atoms with Gasteiger partial charge in [-0.25, -0.2) is 0 Å². The topological polar surface area (TPSA) is 106 Å². The number of hydrogen-bond donors (Lipinski definition) is 2. The van der Waals surface area contributed by atoms with E-state index in [1.807, 2.05) is 19.1 Å². The average molecular weight is 380 g/mol. The molecule has 6 nitrogen and oxygen atoms in total. The summed E-state index contributed by atoms with van der Waals surface area (Å²) in [4.78, 5) is 47.5. The Morgan fingerprint density at radius 2 is 1.57 bits per heavy atom. The average Bonchev–Trinajstić information content (AvgIpc) is 2.57. The molecular formula is C22H24N2O4. The molecule has 0 unspecified atom stereocenters.